The molecule has 21 heavy (non-hydrogen) atoms. The van der Waals surface area contributed by atoms with Gasteiger partial charge in [0, 0.05) is 11.7 Å². The highest BCUT2D eigenvalue weighted by molar-refractivity contribution is 6.29. The molecule has 0 saturated heterocycles. The van der Waals surface area contributed by atoms with E-state index in [0.29, 0.717) is 6.04 Å². The number of imidazole rings is 1. The van der Waals surface area contributed by atoms with Crippen LogP contribution in [-0.2, 0) is 4.79 Å². The molecular formula is C16H20ClN3O. The van der Waals surface area contributed by atoms with Gasteiger partial charge in [-0.05, 0) is 38.0 Å². The highest BCUT2D eigenvalue weighted by Crippen LogP contribution is 2.32. The van der Waals surface area contributed by atoms with Crippen LogP contribution in [0.25, 0.3) is 11.0 Å². The first-order chi connectivity index (χ1) is 10.2. The van der Waals surface area contributed by atoms with Gasteiger partial charge in [0.1, 0.15) is 11.7 Å². The van der Waals surface area contributed by atoms with Crippen molar-refractivity contribution in [1.82, 2.24) is 9.55 Å². The van der Waals surface area contributed by atoms with Crippen LogP contribution in [-0.4, -0.2) is 21.3 Å². The van der Waals surface area contributed by atoms with E-state index in [2.05, 4.69) is 21.8 Å². The standard InChI is InChI=1S/C16H20ClN3O/c1-11-18-14-9-12(19-16(21)10-17)7-8-15(14)20(11)13-5-3-2-4-6-13/h7-9,13H,2-6,10H2,1H3,(H,19,21). The van der Waals surface area contributed by atoms with Crippen LogP contribution < -0.4 is 5.32 Å². The molecule has 1 N–H and O–H groups in total. The van der Waals surface area contributed by atoms with E-state index < -0.39 is 0 Å². The lowest BCUT2D eigenvalue weighted by atomic mass is 9.95. The first-order valence-corrected chi connectivity index (χ1v) is 8.07. The molecule has 0 spiro atoms. The number of halogens is 1. The van der Waals surface area contributed by atoms with Gasteiger partial charge in [0.05, 0.1) is 11.0 Å². The summed E-state index contributed by atoms with van der Waals surface area (Å²) in [5.41, 5.74) is 2.84. The van der Waals surface area contributed by atoms with Crippen LogP contribution in [0.4, 0.5) is 5.69 Å². The van der Waals surface area contributed by atoms with E-state index in [1.807, 2.05) is 18.2 Å². The van der Waals surface area contributed by atoms with Crippen LogP contribution in [0.15, 0.2) is 18.2 Å². The number of alkyl halides is 1. The summed E-state index contributed by atoms with van der Waals surface area (Å²) in [5.74, 6) is 0.824. The highest BCUT2D eigenvalue weighted by Gasteiger charge is 2.19. The second-order valence-electron chi connectivity index (χ2n) is 5.71. The molecule has 3 rings (SSSR count). The Labute approximate surface area is 129 Å². The lowest BCUT2D eigenvalue weighted by Gasteiger charge is -2.25. The predicted molar refractivity (Wildman–Crippen MR) is 85.9 cm³/mol. The van der Waals surface area contributed by atoms with Crippen molar-refractivity contribution in [2.45, 2.75) is 45.1 Å². The maximum Gasteiger partial charge on any atom is 0.239 e. The average Bonchev–Trinajstić information content (AvgIpc) is 2.83. The molecule has 0 unspecified atom stereocenters. The molecule has 112 valence electrons. The van der Waals surface area contributed by atoms with Gasteiger partial charge < -0.3 is 9.88 Å². The van der Waals surface area contributed by atoms with Gasteiger partial charge in [-0.1, -0.05) is 19.3 Å². The smallest absolute Gasteiger partial charge is 0.239 e. The van der Waals surface area contributed by atoms with Gasteiger partial charge in [-0.2, -0.15) is 0 Å². The van der Waals surface area contributed by atoms with Crippen molar-refractivity contribution in [3.05, 3.63) is 24.0 Å². The Morgan fingerprint density at radius 1 is 1.38 bits per heavy atom. The van der Waals surface area contributed by atoms with Crippen molar-refractivity contribution >= 4 is 34.2 Å². The third-order valence-electron chi connectivity index (χ3n) is 4.21. The van der Waals surface area contributed by atoms with E-state index >= 15 is 0 Å². The number of carbonyl (C=O) groups is 1. The lowest BCUT2D eigenvalue weighted by molar-refractivity contribution is -0.113. The van der Waals surface area contributed by atoms with Crippen molar-refractivity contribution < 1.29 is 4.79 Å². The molecule has 5 heteroatoms. The van der Waals surface area contributed by atoms with Crippen molar-refractivity contribution in [3.8, 4) is 0 Å². The molecule has 1 heterocycles. The number of anilines is 1. The minimum atomic E-state index is -0.195. The molecule has 1 aliphatic carbocycles. The second-order valence-corrected chi connectivity index (χ2v) is 5.97. The second kappa shape index (κ2) is 6.06. The Bertz CT molecular complexity index is 659. The van der Waals surface area contributed by atoms with E-state index in [0.717, 1.165) is 22.5 Å². The number of aryl methyl sites for hydroxylation is 1. The van der Waals surface area contributed by atoms with E-state index in [4.69, 9.17) is 11.6 Å². The molecule has 0 atom stereocenters. The van der Waals surface area contributed by atoms with E-state index in [1.165, 1.54) is 32.1 Å². The molecule has 1 aromatic heterocycles. The predicted octanol–water partition coefficient (Wildman–Crippen LogP) is 4.03. The van der Waals surface area contributed by atoms with Crippen LogP contribution in [0.1, 0.15) is 44.0 Å². The molecule has 0 aliphatic heterocycles. The van der Waals surface area contributed by atoms with Gasteiger partial charge in [0.2, 0.25) is 5.91 Å². The number of benzene rings is 1. The number of hydrogen-bond donors (Lipinski definition) is 1. The summed E-state index contributed by atoms with van der Waals surface area (Å²) in [4.78, 5) is 16.0. The maximum absolute atomic E-state index is 11.4. The van der Waals surface area contributed by atoms with Crippen LogP contribution in [0.3, 0.4) is 0 Å². The zero-order chi connectivity index (χ0) is 14.8. The van der Waals surface area contributed by atoms with Gasteiger partial charge in [-0.3, -0.25) is 4.79 Å². The van der Waals surface area contributed by atoms with Gasteiger partial charge in [0.25, 0.3) is 0 Å². The highest BCUT2D eigenvalue weighted by atomic mass is 35.5. The first kappa shape index (κ1) is 14.4. The SMILES string of the molecule is Cc1nc2cc(NC(=O)CCl)ccc2n1C1CCCCC1. The van der Waals surface area contributed by atoms with E-state index in [9.17, 15) is 4.79 Å². The number of nitrogens with one attached hydrogen (secondary N) is 1. The Hall–Kier alpha value is -1.55. The molecule has 1 aliphatic rings. The number of fused-ring (bicyclic) bond motifs is 1. The summed E-state index contributed by atoms with van der Waals surface area (Å²) in [6, 6.07) is 6.46. The minimum absolute atomic E-state index is 0.0341. The summed E-state index contributed by atoms with van der Waals surface area (Å²) in [6.45, 7) is 2.06. The van der Waals surface area contributed by atoms with Crippen LogP contribution in [0, 0.1) is 6.92 Å². The Morgan fingerprint density at radius 2 is 2.14 bits per heavy atom. The van der Waals surface area contributed by atoms with Crippen LogP contribution >= 0.6 is 11.6 Å². The van der Waals surface area contributed by atoms with Crippen molar-refractivity contribution in [2.24, 2.45) is 0 Å². The minimum Gasteiger partial charge on any atom is -0.325 e. The topological polar surface area (TPSA) is 46.9 Å². The molecule has 0 bridgehead atoms. The largest absolute Gasteiger partial charge is 0.325 e. The molecule has 1 saturated carbocycles. The van der Waals surface area contributed by atoms with Crippen molar-refractivity contribution in [3.63, 3.8) is 0 Å². The van der Waals surface area contributed by atoms with Crippen molar-refractivity contribution in [2.75, 3.05) is 11.2 Å². The zero-order valence-electron chi connectivity index (χ0n) is 12.2. The molecule has 1 aromatic carbocycles. The van der Waals surface area contributed by atoms with Gasteiger partial charge in [0.15, 0.2) is 0 Å². The van der Waals surface area contributed by atoms with Crippen molar-refractivity contribution in [1.29, 1.82) is 0 Å². The number of hydrogen-bond acceptors (Lipinski definition) is 2. The molecule has 0 radical (unpaired) electrons. The fourth-order valence-corrected chi connectivity index (χ4v) is 3.36. The zero-order valence-corrected chi connectivity index (χ0v) is 13.0. The summed E-state index contributed by atoms with van der Waals surface area (Å²) >= 11 is 5.52. The third-order valence-corrected chi connectivity index (χ3v) is 4.45. The monoisotopic (exact) mass is 305 g/mol. The quantitative estimate of drug-likeness (QED) is 0.870. The van der Waals surface area contributed by atoms with Gasteiger partial charge in [-0.25, -0.2) is 4.98 Å². The number of carbonyl (C=O) groups excluding carboxylic acids is 1. The molecule has 1 fully saturated rings. The Morgan fingerprint density at radius 3 is 2.86 bits per heavy atom. The molecule has 4 nitrogen and oxygen atoms in total. The summed E-state index contributed by atoms with van der Waals surface area (Å²) in [6.07, 6.45) is 6.41. The van der Waals surface area contributed by atoms with Crippen LogP contribution in [0.5, 0.6) is 0 Å². The summed E-state index contributed by atoms with van der Waals surface area (Å²) < 4.78 is 2.36. The van der Waals surface area contributed by atoms with E-state index in [-0.39, 0.29) is 11.8 Å². The maximum atomic E-state index is 11.4. The van der Waals surface area contributed by atoms with Gasteiger partial charge in [-0.15, -0.1) is 11.6 Å². The Kier molecular flexibility index (Phi) is 4.15. The number of rotatable bonds is 3. The fraction of sp³-hybridized carbons (Fsp3) is 0.500. The molecule has 1 amide bonds. The van der Waals surface area contributed by atoms with E-state index in [1.54, 1.807) is 0 Å². The fourth-order valence-electron chi connectivity index (χ4n) is 3.29. The number of amides is 1. The first-order valence-electron chi connectivity index (χ1n) is 7.53. The number of aromatic nitrogens is 2. The molecular weight excluding hydrogens is 286 g/mol. The molecule has 2 aromatic rings. The Balaban J connectivity index is 1.95. The number of nitrogens with zero attached hydrogens (tertiary/aromatic N) is 2. The van der Waals surface area contributed by atoms with Crippen LogP contribution in [0.2, 0.25) is 0 Å². The third kappa shape index (κ3) is 2.91. The summed E-state index contributed by atoms with van der Waals surface area (Å²) in [7, 11) is 0. The normalized spacial score (nSPS) is 16.3. The summed E-state index contributed by atoms with van der Waals surface area (Å²) in [5, 5.41) is 2.77. The van der Waals surface area contributed by atoms with Gasteiger partial charge >= 0.3 is 0 Å². The lowest BCUT2D eigenvalue weighted by Crippen LogP contribution is -2.14. The average molecular weight is 306 g/mol.